The zero-order valence-corrected chi connectivity index (χ0v) is 20.3. The van der Waals surface area contributed by atoms with E-state index in [0.717, 1.165) is 45.2 Å². The van der Waals surface area contributed by atoms with E-state index in [1.54, 1.807) is 31.2 Å². The van der Waals surface area contributed by atoms with E-state index in [4.69, 9.17) is 4.74 Å². The van der Waals surface area contributed by atoms with Gasteiger partial charge in [-0.2, -0.15) is 5.10 Å². The van der Waals surface area contributed by atoms with Crippen molar-refractivity contribution in [2.75, 3.05) is 19.7 Å². The molecule has 1 aromatic heterocycles. The molecule has 0 radical (unpaired) electrons. The molecular weight excluding hydrogens is 454 g/mol. The number of piperidine rings is 1. The molecular formula is C25H31N3O5S. The minimum Gasteiger partial charge on any atom is -0.461 e. The lowest BCUT2D eigenvalue weighted by Crippen LogP contribution is -2.41. The van der Waals surface area contributed by atoms with Gasteiger partial charge in [0.1, 0.15) is 0 Å². The van der Waals surface area contributed by atoms with Crippen LogP contribution in [-0.4, -0.2) is 54.7 Å². The molecule has 2 atom stereocenters. The minimum atomic E-state index is -3.60. The summed E-state index contributed by atoms with van der Waals surface area (Å²) in [5.74, 6) is -0.746. The summed E-state index contributed by atoms with van der Waals surface area (Å²) < 4.78 is 33.1. The van der Waals surface area contributed by atoms with Gasteiger partial charge in [-0.1, -0.05) is 24.6 Å². The average Bonchev–Trinajstić information content (AvgIpc) is 3.23. The maximum absolute atomic E-state index is 13.2. The highest BCUT2D eigenvalue weighted by Crippen LogP contribution is 2.43. The number of fused-ring (bicyclic) bond motifs is 3. The van der Waals surface area contributed by atoms with Crippen molar-refractivity contribution in [1.82, 2.24) is 14.7 Å². The summed E-state index contributed by atoms with van der Waals surface area (Å²) >= 11 is 0. The first-order chi connectivity index (χ1) is 16.4. The van der Waals surface area contributed by atoms with Crippen molar-refractivity contribution in [2.24, 2.45) is 5.92 Å². The number of carbonyl (C=O) groups is 2. The average molecular weight is 486 g/mol. The van der Waals surface area contributed by atoms with E-state index in [9.17, 15) is 18.0 Å². The van der Waals surface area contributed by atoms with Crippen LogP contribution in [0, 0.1) is 5.92 Å². The molecule has 1 saturated carbocycles. The van der Waals surface area contributed by atoms with Gasteiger partial charge >= 0.3 is 5.97 Å². The summed E-state index contributed by atoms with van der Waals surface area (Å²) in [5, 5.41) is 4.66. The normalized spacial score (nSPS) is 23.6. The van der Waals surface area contributed by atoms with Crippen LogP contribution >= 0.6 is 0 Å². The Labute approximate surface area is 200 Å². The highest BCUT2D eigenvalue weighted by molar-refractivity contribution is 7.90. The molecule has 0 bridgehead atoms. The molecule has 2 aliphatic heterocycles. The second-order valence-corrected chi connectivity index (χ2v) is 11.5. The fourth-order valence-electron chi connectivity index (χ4n) is 5.70. The number of hydrogen-bond acceptors (Lipinski definition) is 6. The van der Waals surface area contributed by atoms with Crippen LogP contribution in [0.25, 0.3) is 11.3 Å². The molecule has 1 aromatic carbocycles. The van der Waals surface area contributed by atoms with Gasteiger partial charge in [-0.3, -0.25) is 9.48 Å². The number of likely N-dealkylation sites (tertiary alicyclic amines) is 1. The third-order valence-electron chi connectivity index (χ3n) is 7.30. The summed E-state index contributed by atoms with van der Waals surface area (Å²) in [5.41, 5.74) is 1.71. The Bertz CT molecular complexity index is 1210. The molecule has 0 spiro atoms. The molecule has 0 N–H and O–H groups in total. The molecule has 1 saturated heterocycles. The summed E-state index contributed by atoms with van der Waals surface area (Å²) in [6.07, 6.45) is 6.50. The number of esters is 1. The fourth-order valence-corrected chi connectivity index (χ4v) is 7.30. The molecule has 1 amide bonds. The predicted molar refractivity (Wildman–Crippen MR) is 126 cm³/mol. The predicted octanol–water partition coefficient (Wildman–Crippen LogP) is 3.76. The highest BCUT2D eigenvalue weighted by Gasteiger charge is 2.39. The lowest BCUT2D eigenvalue weighted by Gasteiger charge is -2.35. The Morgan fingerprint density at radius 2 is 1.85 bits per heavy atom. The topological polar surface area (TPSA) is 98.6 Å². The van der Waals surface area contributed by atoms with Crippen molar-refractivity contribution < 1.29 is 22.7 Å². The van der Waals surface area contributed by atoms with Crippen molar-refractivity contribution in [2.45, 2.75) is 68.6 Å². The van der Waals surface area contributed by atoms with E-state index in [0.29, 0.717) is 23.2 Å². The van der Waals surface area contributed by atoms with Crippen LogP contribution in [0.5, 0.6) is 0 Å². The first kappa shape index (κ1) is 23.1. The summed E-state index contributed by atoms with van der Waals surface area (Å²) in [6, 6.07) is 6.81. The number of hydrogen-bond donors (Lipinski definition) is 0. The molecule has 3 heterocycles. The van der Waals surface area contributed by atoms with Gasteiger partial charge in [0.05, 0.1) is 29.0 Å². The van der Waals surface area contributed by atoms with E-state index in [-0.39, 0.29) is 40.8 Å². The maximum atomic E-state index is 13.2. The van der Waals surface area contributed by atoms with Crippen LogP contribution in [0.1, 0.15) is 74.0 Å². The van der Waals surface area contributed by atoms with Crippen LogP contribution < -0.4 is 0 Å². The minimum absolute atomic E-state index is 0.0689. The van der Waals surface area contributed by atoms with Gasteiger partial charge in [0.2, 0.25) is 5.91 Å². The van der Waals surface area contributed by atoms with Crippen LogP contribution in [0.3, 0.4) is 0 Å². The third kappa shape index (κ3) is 4.04. The van der Waals surface area contributed by atoms with Gasteiger partial charge in [-0.15, -0.1) is 0 Å². The zero-order chi connectivity index (χ0) is 23.9. The number of carbonyl (C=O) groups excluding carboxylic acids is 2. The van der Waals surface area contributed by atoms with Crippen molar-refractivity contribution in [3.8, 4) is 11.3 Å². The number of amides is 1. The molecule has 182 valence electrons. The molecule has 9 heteroatoms. The molecule has 2 unspecified atom stereocenters. The van der Waals surface area contributed by atoms with Crippen LogP contribution in [-0.2, 0) is 25.1 Å². The molecule has 2 aromatic rings. The SMILES string of the molecule is CCOC(=O)c1nn(C2CCCC(C(=O)N3CCCCC3)C2)c2c1CS(=O)(=O)c1ccccc1-2. The fraction of sp³-hybridized carbons (Fsp3) is 0.560. The number of sulfone groups is 1. The van der Waals surface area contributed by atoms with E-state index < -0.39 is 15.8 Å². The van der Waals surface area contributed by atoms with Crippen molar-refractivity contribution in [3.05, 3.63) is 35.5 Å². The summed E-state index contributed by atoms with van der Waals surface area (Å²) in [6.45, 7) is 3.55. The number of ether oxygens (including phenoxy) is 1. The Morgan fingerprint density at radius 3 is 2.62 bits per heavy atom. The molecule has 3 aliphatic rings. The van der Waals surface area contributed by atoms with Crippen molar-refractivity contribution in [1.29, 1.82) is 0 Å². The van der Waals surface area contributed by atoms with Crippen molar-refractivity contribution >= 4 is 21.7 Å². The van der Waals surface area contributed by atoms with E-state index in [2.05, 4.69) is 5.10 Å². The summed E-state index contributed by atoms with van der Waals surface area (Å²) in [7, 11) is -3.60. The number of benzene rings is 1. The van der Waals surface area contributed by atoms with Gasteiger partial charge in [-0.05, 0) is 51.5 Å². The van der Waals surface area contributed by atoms with Gasteiger partial charge in [0.25, 0.3) is 0 Å². The molecule has 34 heavy (non-hydrogen) atoms. The van der Waals surface area contributed by atoms with Crippen molar-refractivity contribution in [3.63, 3.8) is 0 Å². The first-order valence-corrected chi connectivity index (χ1v) is 14.0. The Kier molecular flexibility index (Phi) is 6.22. The molecule has 8 nitrogen and oxygen atoms in total. The number of rotatable bonds is 4. The van der Waals surface area contributed by atoms with E-state index >= 15 is 0 Å². The largest absolute Gasteiger partial charge is 0.461 e. The first-order valence-electron chi connectivity index (χ1n) is 12.3. The smallest absolute Gasteiger partial charge is 0.359 e. The molecule has 5 rings (SSSR count). The number of aromatic nitrogens is 2. The Balaban J connectivity index is 1.55. The Hall–Kier alpha value is -2.68. The highest BCUT2D eigenvalue weighted by atomic mass is 32.2. The monoisotopic (exact) mass is 485 g/mol. The van der Waals surface area contributed by atoms with Crippen LogP contribution in [0.4, 0.5) is 0 Å². The van der Waals surface area contributed by atoms with Gasteiger partial charge in [-0.25, -0.2) is 13.2 Å². The lowest BCUT2D eigenvalue weighted by atomic mass is 9.84. The standard InChI is InChI=1S/C25H31N3O5S/c1-2-33-25(30)22-20-16-34(31,32)21-12-5-4-11-19(21)23(20)28(26-22)18-10-8-9-17(15-18)24(29)27-13-6-3-7-14-27/h4-5,11-12,17-18H,2-3,6-10,13-16H2,1H3. The summed E-state index contributed by atoms with van der Waals surface area (Å²) in [4.78, 5) is 28.3. The molecule has 2 fully saturated rings. The quantitative estimate of drug-likeness (QED) is 0.612. The zero-order valence-electron chi connectivity index (χ0n) is 19.5. The number of nitrogens with zero attached hydrogens (tertiary/aromatic N) is 3. The molecule has 1 aliphatic carbocycles. The van der Waals surface area contributed by atoms with Crippen LogP contribution in [0.15, 0.2) is 29.2 Å². The van der Waals surface area contributed by atoms with Gasteiger partial charge in [0, 0.05) is 30.1 Å². The second kappa shape index (κ2) is 9.17. The Morgan fingerprint density at radius 1 is 1.09 bits per heavy atom. The van der Waals surface area contributed by atoms with E-state index in [1.807, 2.05) is 9.58 Å². The van der Waals surface area contributed by atoms with Crippen LogP contribution in [0.2, 0.25) is 0 Å². The van der Waals surface area contributed by atoms with Gasteiger partial charge < -0.3 is 9.64 Å². The van der Waals surface area contributed by atoms with Gasteiger partial charge in [0.15, 0.2) is 15.5 Å². The second-order valence-electron chi connectivity index (χ2n) is 9.50. The maximum Gasteiger partial charge on any atom is 0.359 e. The lowest BCUT2D eigenvalue weighted by molar-refractivity contribution is -0.138. The van der Waals surface area contributed by atoms with E-state index in [1.165, 1.54) is 6.42 Å². The third-order valence-corrected chi connectivity index (χ3v) is 8.99.